The lowest BCUT2D eigenvalue weighted by atomic mass is 10.3. The van der Waals surface area contributed by atoms with E-state index >= 15 is 0 Å². The van der Waals surface area contributed by atoms with Crippen LogP contribution in [0.25, 0.3) is 0 Å². The molecule has 0 saturated heterocycles. The third-order valence-corrected chi connectivity index (χ3v) is 2.29. The Kier molecular flexibility index (Phi) is 3.71. The van der Waals surface area contributed by atoms with Gasteiger partial charge in [-0.1, -0.05) is 10.3 Å². The van der Waals surface area contributed by atoms with Gasteiger partial charge in [0.25, 0.3) is 0 Å². The molecule has 1 aromatic carbocycles. The first-order valence-electron chi connectivity index (χ1n) is 5.22. The van der Waals surface area contributed by atoms with Crippen LogP contribution in [0.5, 0.6) is 5.75 Å². The molecule has 0 saturated carbocycles. The lowest BCUT2D eigenvalue weighted by molar-refractivity contribution is -0.0498. The molecule has 18 heavy (non-hydrogen) atoms. The fourth-order valence-electron chi connectivity index (χ4n) is 1.35. The van der Waals surface area contributed by atoms with Crippen LogP contribution in [-0.4, -0.2) is 16.9 Å². The minimum Gasteiger partial charge on any atom is -0.435 e. The van der Waals surface area contributed by atoms with Crippen molar-refractivity contribution in [3.63, 3.8) is 0 Å². The zero-order valence-corrected chi connectivity index (χ0v) is 9.56. The first-order chi connectivity index (χ1) is 8.65. The maximum Gasteiger partial charge on any atom is 0.387 e. The molecular weight excluding hydrogens is 244 g/mol. The zero-order valence-electron chi connectivity index (χ0n) is 9.56. The number of alkyl halides is 2. The molecule has 0 spiro atoms. The molecule has 2 aromatic rings. The second-order valence-corrected chi connectivity index (χ2v) is 3.55. The number of anilines is 1. The maximum absolute atomic E-state index is 11.9. The van der Waals surface area contributed by atoms with Gasteiger partial charge in [0, 0.05) is 5.69 Å². The molecule has 0 radical (unpaired) electrons. The Morgan fingerprint density at radius 1 is 1.28 bits per heavy atom. The highest BCUT2D eigenvalue weighted by Crippen LogP contribution is 2.18. The number of ether oxygens (including phenoxy) is 1. The quantitative estimate of drug-likeness (QED) is 0.889. The third kappa shape index (κ3) is 3.16. The van der Waals surface area contributed by atoms with E-state index in [2.05, 4.69) is 25.0 Å². The highest BCUT2D eigenvalue weighted by molar-refractivity contribution is 5.46. The van der Waals surface area contributed by atoms with Crippen LogP contribution in [0.1, 0.15) is 11.4 Å². The molecule has 0 amide bonds. The Labute approximate surface area is 102 Å². The molecule has 1 heterocycles. The number of benzene rings is 1. The third-order valence-electron chi connectivity index (χ3n) is 2.29. The zero-order chi connectivity index (χ0) is 13.0. The summed E-state index contributed by atoms with van der Waals surface area (Å²) in [4.78, 5) is 0. The summed E-state index contributed by atoms with van der Waals surface area (Å²) in [5, 5.41) is 10.4. The Morgan fingerprint density at radius 3 is 2.56 bits per heavy atom. The van der Waals surface area contributed by atoms with Crippen LogP contribution in [0.15, 0.2) is 28.9 Å². The maximum atomic E-state index is 11.9. The summed E-state index contributed by atoms with van der Waals surface area (Å²) in [5.41, 5.74) is 2.17. The molecule has 7 heteroatoms. The average molecular weight is 255 g/mol. The minimum absolute atomic E-state index is 0.120. The van der Waals surface area contributed by atoms with Gasteiger partial charge in [-0.15, -0.1) is 0 Å². The summed E-state index contributed by atoms with van der Waals surface area (Å²) in [5.74, 6) is 0.120. The number of aryl methyl sites for hydroxylation is 1. The van der Waals surface area contributed by atoms with E-state index < -0.39 is 6.61 Å². The van der Waals surface area contributed by atoms with Crippen molar-refractivity contribution in [1.29, 1.82) is 0 Å². The number of nitrogens with zero attached hydrogens (tertiary/aromatic N) is 2. The normalized spacial score (nSPS) is 10.7. The van der Waals surface area contributed by atoms with E-state index in [1.165, 1.54) is 12.1 Å². The fraction of sp³-hybridized carbons (Fsp3) is 0.273. The van der Waals surface area contributed by atoms with Crippen LogP contribution in [-0.2, 0) is 6.54 Å². The van der Waals surface area contributed by atoms with Gasteiger partial charge in [0.05, 0.1) is 6.54 Å². The van der Waals surface area contributed by atoms with Gasteiger partial charge in [-0.2, -0.15) is 8.78 Å². The molecule has 0 aliphatic rings. The fourth-order valence-corrected chi connectivity index (χ4v) is 1.35. The topological polar surface area (TPSA) is 60.2 Å². The Hall–Kier alpha value is -2.18. The minimum atomic E-state index is -2.81. The van der Waals surface area contributed by atoms with Crippen molar-refractivity contribution >= 4 is 5.69 Å². The van der Waals surface area contributed by atoms with Gasteiger partial charge in [0.1, 0.15) is 17.1 Å². The number of aromatic nitrogens is 2. The average Bonchev–Trinajstić information content (AvgIpc) is 2.73. The van der Waals surface area contributed by atoms with Gasteiger partial charge in [0.15, 0.2) is 0 Å². The van der Waals surface area contributed by atoms with Gasteiger partial charge < -0.3 is 10.1 Å². The molecule has 0 aliphatic carbocycles. The van der Waals surface area contributed by atoms with Crippen LogP contribution in [0.4, 0.5) is 14.5 Å². The molecule has 5 nitrogen and oxygen atoms in total. The smallest absolute Gasteiger partial charge is 0.387 e. The van der Waals surface area contributed by atoms with Crippen molar-refractivity contribution in [2.24, 2.45) is 0 Å². The molecule has 0 fully saturated rings. The van der Waals surface area contributed by atoms with E-state index in [0.29, 0.717) is 17.9 Å². The Balaban J connectivity index is 1.92. The van der Waals surface area contributed by atoms with Crippen molar-refractivity contribution in [3.8, 4) is 5.75 Å². The van der Waals surface area contributed by atoms with Crippen molar-refractivity contribution < 1.29 is 18.1 Å². The van der Waals surface area contributed by atoms with E-state index in [-0.39, 0.29) is 5.75 Å². The van der Waals surface area contributed by atoms with Crippen molar-refractivity contribution in [2.75, 3.05) is 5.32 Å². The van der Waals surface area contributed by atoms with Crippen LogP contribution < -0.4 is 10.1 Å². The number of halogens is 2. The monoisotopic (exact) mass is 255 g/mol. The second-order valence-electron chi connectivity index (χ2n) is 3.55. The van der Waals surface area contributed by atoms with Gasteiger partial charge in [-0.25, -0.2) is 4.63 Å². The van der Waals surface area contributed by atoms with E-state index in [4.69, 9.17) is 0 Å². The summed E-state index contributed by atoms with van der Waals surface area (Å²) < 4.78 is 32.7. The molecule has 0 bridgehead atoms. The Bertz CT molecular complexity index is 499. The largest absolute Gasteiger partial charge is 0.435 e. The summed E-state index contributed by atoms with van der Waals surface area (Å²) in [6.07, 6.45) is 0. The lowest BCUT2D eigenvalue weighted by Gasteiger charge is -2.07. The van der Waals surface area contributed by atoms with E-state index in [1.54, 1.807) is 19.1 Å². The first-order valence-corrected chi connectivity index (χ1v) is 5.22. The van der Waals surface area contributed by atoms with Gasteiger partial charge in [0.2, 0.25) is 0 Å². The van der Waals surface area contributed by atoms with E-state index in [0.717, 1.165) is 5.69 Å². The molecular formula is C11H11F2N3O2. The van der Waals surface area contributed by atoms with Crippen molar-refractivity contribution in [1.82, 2.24) is 10.3 Å². The molecule has 2 rings (SSSR count). The molecule has 0 atom stereocenters. The van der Waals surface area contributed by atoms with E-state index in [1.807, 2.05) is 0 Å². The van der Waals surface area contributed by atoms with E-state index in [9.17, 15) is 8.78 Å². The number of rotatable bonds is 5. The standard InChI is InChI=1S/C11H11F2N3O2/c1-7-10(16-18-15-7)6-14-8-2-4-9(5-3-8)17-11(12)13/h2-5,11,14H,6H2,1H3. The predicted octanol–water partition coefficient (Wildman–Crippen LogP) is 2.59. The predicted molar refractivity (Wildman–Crippen MR) is 59.4 cm³/mol. The molecule has 1 N–H and O–H groups in total. The van der Waals surface area contributed by atoms with Crippen molar-refractivity contribution in [3.05, 3.63) is 35.7 Å². The first kappa shape index (κ1) is 12.3. The molecule has 0 unspecified atom stereocenters. The van der Waals surface area contributed by atoms with Gasteiger partial charge in [-0.05, 0) is 31.2 Å². The number of nitrogens with one attached hydrogen (secondary N) is 1. The number of hydrogen-bond acceptors (Lipinski definition) is 5. The summed E-state index contributed by atoms with van der Waals surface area (Å²) in [6.45, 7) is -0.579. The highest BCUT2D eigenvalue weighted by Gasteiger charge is 2.05. The molecule has 1 aromatic heterocycles. The second kappa shape index (κ2) is 5.44. The number of hydrogen-bond donors (Lipinski definition) is 1. The molecule has 0 aliphatic heterocycles. The molecule has 96 valence electrons. The van der Waals surface area contributed by atoms with Crippen molar-refractivity contribution in [2.45, 2.75) is 20.1 Å². The van der Waals surface area contributed by atoms with Gasteiger partial charge >= 0.3 is 6.61 Å². The van der Waals surface area contributed by atoms with Crippen LogP contribution in [0.3, 0.4) is 0 Å². The highest BCUT2D eigenvalue weighted by atomic mass is 19.3. The summed E-state index contributed by atoms with van der Waals surface area (Å²) in [6, 6.07) is 6.20. The SMILES string of the molecule is Cc1nonc1CNc1ccc(OC(F)F)cc1. The summed E-state index contributed by atoms with van der Waals surface area (Å²) in [7, 11) is 0. The lowest BCUT2D eigenvalue weighted by Crippen LogP contribution is -2.03. The van der Waals surface area contributed by atoms with Crippen LogP contribution in [0, 0.1) is 6.92 Å². The summed E-state index contributed by atoms with van der Waals surface area (Å²) >= 11 is 0. The van der Waals surface area contributed by atoms with Gasteiger partial charge in [-0.3, -0.25) is 0 Å². The van der Waals surface area contributed by atoms with Crippen LogP contribution >= 0.6 is 0 Å². The van der Waals surface area contributed by atoms with Crippen LogP contribution in [0.2, 0.25) is 0 Å². The Morgan fingerprint density at radius 2 is 2.00 bits per heavy atom.